The highest BCUT2D eigenvalue weighted by atomic mass is 32.2. The van der Waals surface area contributed by atoms with Crippen LogP contribution in [-0.4, -0.2) is 43.7 Å². The van der Waals surface area contributed by atoms with E-state index in [2.05, 4.69) is 5.32 Å². The largest absolute Gasteiger partial charge is 0.326 e. The average Bonchev–Trinajstić information content (AvgIpc) is 3.10. The average molecular weight is 474 g/mol. The van der Waals surface area contributed by atoms with Crippen molar-refractivity contribution in [3.8, 4) is 0 Å². The van der Waals surface area contributed by atoms with Gasteiger partial charge in [-0.15, -0.1) is 0 Å². The molecule has 1 saturated heterocycles. The van der Waals surface area contributed by atoms with Crippen LogP contribution >= 0.6 is 0 Å². The monoisotopic (exact) mass is 473 g/mol. The van der Waals surface area contributed by atoms with Crippen LogP contribution in [-0.2, 0) is 26.0 Å². The lowest BCUT2D eigenvalue weighted by atomic mass is 9.97. The Kier molecular flexibility index (Phi) is 6.28. The highest BCUT2D eigenvalue weighted by Gasteiger charge is 2.34. The Hall–Kier alpha value is -2.78. The van der Waals surface area contributed by atoms with E-state index in [1.54, 1.807) is 30.0 Å². The Bertz CT molecular complexity index is 1210. The Morgan fingerprint density at radius 3 is 2.42 bits per heavy atom. The lowest BCUT2D eigenvalue weighted by molar-refractivity contribution is -0.121. The molecule has 9 heteroatoms. The van der Waals surface area contributed by atoms with Crippen LogP contribution in [0.3, 0.4) is 0 Å². The van der Waals surface area contributed by atoms with E-state index in [0.717, 1.165) is 11.3 Å². The van der Waals surface area contributed by atoms with Crippen LogP contribution in [0.25, 0.3) is 0 Å². The molecule has 1 N–H and O–H groups in total. The van der Waals surface area contributed by atoms with Crippen LogP contribution in [0.15, 0.2) is 41.3 Å². The number of sulfonamides is 1. The number of amides is 2. The molecule has 0 saturated carbocycles. The van der Waals surface area contributed by atoms with Crippen molar-refractivity contribution in [2.24, 2.45) is 5.92 Å². The van der Waals surface area contributed by atoms with Gasteiger partial charge in [0, 0.05) is 43.3 Å². The lowest BCUT2D eigenvalue weighted by Crippen LogP contribution is -2.41. The van der Waals surface area contributed by atoms with Gasteiger partial charge in [-0.2, -0.15) is 4.31 Å². The molecule has 0 radical (unpaired) electrons. The molecule has 2 aliphatic rings. The van der Waals surface area contributed by atoms with Crippen molar-refractivity contribution in [1.29, 1.82) is 0 Å². The second kappa shape index (κ2) is 8.87. The maximum atomic E-state index is 13.3. The number of hydrogen-bond donors (Lipinski definition) is 1. The van der Waals surface area contributed by atoms with Crippen molar-refractivity contribution in [3.05, 3.63) is 53.3 Å². The molecule has 2 amide bonds. The van der Waals surface area contributed by atoms with E-state index in [-0.39, 0.29) is 47.6 Å². The zero-order valence-corrected chi connectivity index (χ0v) is 19.8. The van der Waals surface area contributed by atoms with Crippen molar-refractivity contribution in [2.75, 3.05) is 23.3 Å². The number of anilines is 2. The maximum Gasteiger partial charge on any atom is 0.243 e. The van der Waals surface area contributed by atoms with Crippen LogP contribution in [0.5, 0.6) is 0 Å². The van der Waals surface area contributed by atoms with Gasteiger partial charge < -0.3 is 10.2 Å². The van der Waals surface area contributed by atoms with Crippen molar-refractivity contribution in [1.82, 2.24) is 4.31 Å². The third kappa shape index (κ3) is 4.52. The maximum absolute atomic E-state index is 13.3. The van der Waals surface area contributed by atoms with Crippen LogP contribution in [0.4, 0.5) is 15.8 Å². The topological polar surface area (TPSA) is 86.8 Å². The number of hydrogen-bond acceptors (Lipinski definition) is 4. The molecule has 2 heterocycles. The first kappa shape index (κ1) is 23.4. The second-order valence-electron chi connectivity index (χ2n) is 8.86. The van der Waals surface area contributed by atoms with Gasteiger partial charge in [0.1, 0.15) is 5.82 Å². The summed E-state index contributed by atoms with van der Waals surface area (Å²) in [6, 6.07) is 9.11. The number of carbonyl (C=O) groups is 2. The number of piperidine rings is 1. The molecule has 0 aliphatic carbocycles. The van der Waals surface area contributed by atoms with E-state index >= 15 is 0 Å². The molecular formula is C24H28FN3O4S. The molecule has 33 heavy (non-hydrogen) atoms. The minimum atomic E-state index is -3.70. The van der Waals surface area contributed by atoms with E-state index in [9.17, 15) is 22.4 Å². The summed E-state index contributed by atoms with van der Waals surface area (Å²) in [4.78, 5) is 26.5. The van der Waals surface area contributed by atoms with Crippen LogP contribution in [0, 0.1) is 18.7 Å². The minimum Gasteiger partial charge on any atom is -0.326 e. The van der Waals surface area contributed by atoms with Gasteiger partial charge in [-0.3, -0.25) is 9.59 Å². The van der Waals surface area contributed by atoms with Crippen LogP contribution in [0.1, 0.15) is 37.8 Å². The smallest absolute Gasteiger partial charge is 0.243 e. The number of benzene rings is 2. The number of rotatable bonds is 4. The summed E-state index contributed by atoms with van der Waals surface area (Å²) in [5, 5.41) is 2.83. The molecule has 1 fully saturated rings. The Labute approximate surface area is 193 Å². The molecule has 1 unspecified atom stereocenters. The van der Waals surface area contributed by atoms with Gasteiger partial charge in [-0.05, 0) is 80.6 Å². The molecular weight excluding hydrogens is 445 g/mol. The molecule has 176 valence electrons. The van der Waals surface area contributed by atoms with Crippen molar-refractivity contribution in [3.63, 3.8) is 0 Å². The van der Waals surface area contributed by atoms with Gasteiger partial charge in [-0.25, -0.2) is 12.8 Å². The molecule has 0 aromatic heterocycles. The fourth-order valence-electron chi connectivity index (χ4n) is 4.76. The van der Waals surface area contributed by atoms with Gasteiger partial charge in [0.05, 0.1) is 4.90 Å². The molecule has 2 aromatic rings. The minimum absolute atomic E-state index is 0.00513. The first-order chi connectivity index (χ1) is 15.6. The van der Waals surface area contributed by atoms with Gasteiger partial charge in [-0.1, -0.05) is 0 Å². The van der Waals surface area contributed by atoms with E-state index in [1.165, 1.54) is 29.4 Å². The van der Waals surface area contributed by atoms with E-state index in [4.69, 9.17) is 0 Å². The Morgan fingerprint density at radius 2 is 1.79 bits per heavy atom. The third-order valence-electron chi connectivity index (χ3n) is 6.51. The van der Waals surface area contributed by atoms with E-state index in [1.807, 2.05) is 6.92 Å². The number of fused-ring (bicyclic) bond motifs is 1. The van der Waals surface area contributed by atoms with Crippen molar-refractivity contribution in [2.45, 2.75) is 51.0 Å². The standard InChI is InChI=1S/C24H28FN3O4S/c1-15-12-20(25)4-6-22(15)26-24(30)18-8-10-27(11-9-18)33(31,32)21-5-7-23-19(14-21)13-16(2)28(23)17(3)29/h4-7,12,14,16,18H,8-11,13H2,1-3H3,(H,26,30). The first-order valence-electron chi connectivity index (χ1n) is 11.1. The highest BCUT2D eigenvalue weighted by molar-refractivity contribution is 7.89. The quantitative estimate of drug-likeness (QED) is 0.737. The van der Waals surface area contributed by atoms with Gasteiger partial charge in [0.25, 0.3) is 0 Å². The molecule has 0 spiro atoms. The summed E-state index contributed by atoms with van der Waals surface area (Å²) in [6.07, 6.45) is 1.43. The predicted octanol–water partition coefficient (Wildman–Crippen LogP) is 3.47. The third-order valence-corrected chi connectivity index (χ3v) is 8.41. The number of carbonyl (C=O) groups excluding carboxylic acids is 2. The SMILES string of the molecule is CC(=O)N1c2ccc(S(=O)(=O)N3CCC(C(=O)Nc4ccc(F)cc4C)CC3)cc2CC1C. The van der Waals surface area contributed by atoms with Crippen LogP contribution in [0.2, 0.25) is 0 Å². The summed E-state index contributed by atoms with van der Waals surface area (Å²) in [6.45, 7) is 5.67. The Morgan fingerprint density at radius 1 is 1.09 bits per heavy atom. The lowest BCUT2D eigenvalue weighted by Gasteiger charge is -2.30. The Balaban J connectivity index is 1.43. The summed E-state index contributed by atoms with van der Waals surface area (Å²) < 4.78 is 41.2. The van der Waals surface area contributed by atoms with Gasteiger partial charge in [0.2, 0.25) is 21.8 Å². The summed E-state index contributed by atoms with van der Waals surface area (Å²) in [5.74, 6) is -0.921. The zero-order valence-electron chi connectivity index (χ0n) is 19.0. The van der Waals surface area contributed by atoms with E-state index < -0.39 is 10.0 Å². The summed E-state index contributed by atoms with van der Waals surface area (Å²) in [5.41, 5.74) is 2.81. The van der Waals surface area contributed by atoms with Gasteiger partial charge in [0.15, 0.2) is 0 Å². The second-order valence-corrected chi connectivity index (χ2v) is 10.8. The number of nitrogens with zero attached hydrogens (tertiary/aromatic N) is 2. The molecule has 4 rings (SSSR count). The van der Waals surface area contributed by atoms with Crippen LogP contribution < -0.4 is 10.2 Å². The summed E-state index contributed by atoms with van der Waals surface area (Å²) in [7, 11) is -3.70. The van der Waals surface area contributed by atoms with Crippen molar-refractivity contribution >= 4 is 33.2 Å². The predicted molar refractivity (Wildman–Crippen MR) is 124 cm³/mol. The molecule has 7 nitrogen and oxygen atoms in total. The fraction of sp³-hybridized carbons (Fsp3) is 0.417. The molecule has 1 atom stereocenters. The van der Waals surface area contributed by atoms with Crippen molar-refractivity contribution < 1.29 is 22.4 Å². The number of nitrogens with one attached hydrogen (secondary N) is 1. The van der Waals surface area contributed by atoms with E-state index in [0.29, 0.717) is 30.5 Å². The normalized spacial score (nSPS) is 19.4. The fourth-order valence-corrected chi connectivity index (χ4v) is 6.28. The number of halogens is 1. The zero-order chi connectivity index (χ0) is 23.9. The molecule has 2 aromatic carbocycles. The molecule has 0 bridgehead atoms. The highest BCUT2D eigenvalue weighted by Crippen LogP contribution is 2.35. The first-order valence-corrected chi connectivity index (χ1v) is 12.5. The molecule has 2 aliphatic heterocycles. The summed E-state index contributed by atoms with van der Waals surface area (Å²) >= 11 is 0. The van der Waals surface area contributed by atoms with Gasteiger partial charge >= 0.3 is 0 Å². The number of aryl methyl sites for hydroxylation is 1.